The van der Waals surface area contributed by atoms with Gasteiger partial charge in [0.1, 0.15) is 17.9 Å². The number of nitriles is 1. The number of hydrogen-bond acceptors (Lipinski definition) is 5. The van der Waals surface area contributed by atoms with Crippen LogP contribution >= 0.6 is 0 Å². The molecular formula is C15H8F5N3O2. The second-order valence-electron chi connectivity index (χ2n) is 5.21. The third-order valence-electron chi connectivity index (χ3n) is 3.61. The van der Waals surface area contributed by atoms with Crippen LogP contribution in [0.4, 0.5) is 22.0 Å². The Bertz CT molecular complexity index is 865. The highest BCUT2D eigenvalue weighted by molar-refractivity contribution is 5.51. The van der Waals surface area contributed by atoms with Crippen LogP contribution in [0.25, 0.3) is 0 Å². The van der Waals surface area contributed by atoms with Crippen LogP contribution < -0.4 is 4.74 Å². The van der Waals surface area contributed by atoms with Gasteiger partial charge < -0.3 is 9.84 Å². The molecule has 2 aromatic heterocycles. The fraction of sp³-hybridized carbons (Fsp3) is 0.267. The molecule has 0 fully saturated rings. The summed E-state index contributed by atoms with van der Waals surface area (Å²) >= 11 is 0. The van der Waals surface area contributed by atoms with E-state index in [0.29, 0.717) is 6.20 Å². The smallest absolute Gasteiger partial charge is 0.433 e. The number of alkyl halides is 5. The van der Waals surface area contributed by atoms with E-state index in [9.17, 15) is 27.1 Å². The number of hydrogen-bond donors (Lipinski definition) is 1. The molecule has 130 valence electrons. The van der Waals surface area contributed by atoms with Gasteiger partial charge in [-0.2, -0.15) is 18.4 Å². The molecule has 0 saturated heterocycles. The number of aliphatic hydroxyl groups excluding tert-OH is 1. The molecule has 10 heteroatoms. The van der Waals surface area contributed by atoms with Crippen molar-refractivity contribution in [1.29, 1.82) is 5.26 Å². The lowest BCUT2D eigenvalue weighted by Gasteiger charge is -2.16. The molecule has 2 heterocycles. The summed E-state index contributed by atoms with van der Waals surface area (Å²) in [5.41, 5.74) is -3.23. The number of halogens is 5. The van der Waals surface area contributed by atoms with Gasteiger partial charge in [0.05, 0.1) is 18.0 Å². The topological polar surface area (TPSA) is 79.0 Å². The average Bonchev–Trinajstić information content (AvgIpc) is 2.79. The largest absolute Gasteiger partial charge is 0.454 e. The highest BCUT2D eigenvalue weighted by atomic mass is 19.4. The first kappa shape index (κ1) is 17.0. The van der Waals surface area contributed by atoms with E-state index in [1.54, 1.807) is 6.07 Å². The van der Waals surface area contributed by atoms with Crippen LogP contribution in [0.5, 0.6) is 11.5 Å². The van der Waals surface area contributed by atoms with E-state index in [2.05, 4.69) is 9.97 Å². The molecule has 0 saturated carbocycles. The van der Waals surface area contributed by atoms with Gasteiger partial charge in [0, 0.05) is 23.4 Å². The average molecular weight is 357 g/mol. The van der Waals surface area contributed by atoms with Crippen LogP contribution in [0.2, 0.25) is 0 Å². The Kier molecular flexibility index (Phi) is 4.04. The second-order valence-corrected chi connectivity index (χ2v) is 5.21. The van der Waals surface area contributed by atoms with Crippen molar-refractivity contribution >= 4 is 0 Å². The van der Waals surface area contributed by atoms with Crippen molar-refractivity contribution in [1.82, 2.24) is 9.97 Å². The van der Waals surface area contributed by atoms with Crippen LogP contribution in [0, 0.1) is 11.3 Å². The molecule has 0 spiro atoms. The fourth-order valence-corrected chi connectivity index (χ4v) is 2.55. The van der Waals surface area contributed by atoms with Gasteiger partial charge in [-0.15, -0.1) is 0 Å². The molecule has 1 N–H and O–H groups in total. The second kappa shape index (κ2) is 5.93. The minimum Gasteiger partial charge on any atom is -0.454 e. The summed E-state index contributed by atoms with van der Waals surface area (Å²) in [6, 6.07) is 2.99. The molecule has 0 aromatic carbocycles. The molecule has 2 aromatic rings. The number of rotatable bonds is 2. The van der Waals surface area contributed by atoms with E-state index >= 15 is 0 Å². The van der Waals surface area contributed by atoms with Crippen LogP contribution in [-0.2, 0) is 6.18 Å². The van der Waals surface area contributed by atoms with E-state index in [-0.39, 0.29) is 11.3 Å². The van der Waals surface area contributed by atoms with Gasteiger partial charge >= 0.3 is 6.18 Å². The molecule has 3 atom stereocenters. The van der Waals surface area contributed by atoms with Gasteiger partial charge in [-0.25, -0.2) is 13.8 Å². The number of ether oxygens (including phenoxy) is 1. The molecule has 5 nitrogen and oxygen atoms in total. The Morgan fingerprint density at radius 1 is 1.16 bits per heavy atom. The maximum atomic E-state index is 14.2. The molecule has 25 heavy (non-hydrogen) atoms. The maximum Gasteiger partial charge on any atom is 0.433 e. The SMILES string of the molecule is N#Cc1cncc(Oc2cnc(C(F)(F)F)c3c2C(F)C(F)C3O)c1. The van der Waals surface area contributed by atoms with Crippen molar-refractivity contribution in [2.45, 2.75) is 24.6 Å². The molecule has 1 aliphatic carbocycles. The first-order valence-electron chi connectivity index (χ1n) is 6.83. The van der Waals surface area contributed by atoms with Gasteiger partial charge in [0.25, 0.3) is 0 Å². The lowest BCUT2D eigenvalue weighted by Crippen LogP contribution is -2.16. The number of pyridine rings is 2. The summed E-state index contributed by atoms with van der Waals surface area (Å²) in [5.74, 6) is -0.571. The minimum absolute atomic E-state index is 0.0770. The predicted octanol–water partition coefficient (Wildman–Crippen LogP) is 3.56. The van der Waals surface area contributed by atoms with Crippen LogP contribution in [0.15, 0.2) is 24.7 Å². The third-order valence-corrected chi connectivity index (χ3v) is 3.61. The molecule has 1 aliphatic rings. The van der Waals surface area contributed by atoms with Gasteiger partial charge in [-0.3, -0.25) is 4.98 Å². The summed E-state index contributed by atoms with van der Waals surface area (Å²) in [4.78, 5) is 6.84. The van der Waals surface area contributed by atoms with Crippen molar-refractivity contribution in [3.8, 4) is 17.6 Å². The summed E-state index contributed by atoms with van der Waals surface area (Å²) in [6.07, 6.45) is -9.48. The van der Waals surface area contributed by atoms with Crippen molar-refractivity contribution < 1.29 is 31.8 Å². The molecule has 0 amide bonds. The van der Waals surface area contributed by atoms with E-state index < -0.39 is 47.2 Å². The summed E-state index contributed by atoms with van der Waals surface area (Å²) < 4.78 is 72.2. The number of nitrogens with zero attached hydrogens (tertiary/aromatic N) is 3. The van der Waals surface area contributed by atoms with Gasteiger partial charge in [0.2, 0.25) is 0 Å². The Balaban J connectivity index is 2.12. The van der Waals surface area contributed by atoms with E-state index in [0.717, 1.165) is 6.20 Å². The van der Waals surface area contributed by atoms with E-state index in [4.69, 9.17) is 10.00 Å². The summed E-state index contributed by atoms with van der Waals surface area (Å²) in [6.45, 7) is 0. The van der Waals surface area contributed by atoms with Crippen LogP contribution in [0.3, 0.4) is 0 Å². The highest BCUT2D eigenvalue weighted by Gasteiger charge is 2.50. The Hall–Kier alpha value is -2.80. The van der Waals surface area contributed by atoms with E-state index in [1.807, 2.05) is 0 Å². The molecule has 3 unspecified atom stereocenters. The predicted molar refractivity (Wildman–Crippen MR) is 72.0 cm³/mol. The summed E-state index contributed by atoms with van der Waals surface area (Å²) in [5, 5.41) is 18.5. The van der Waals surface area contributed by atoms with Crippen molar-refractivity contribution in [3.05, 3.63) is 47.0 Å². The van der Waals surface area contributed by atoms with Crippen molar-refractivity contribution in [3.63, 3.8) is 0 Å². The Labute approximate surface area is 137 Å². The summed E-state index contributed by atoms with van der Waals surface area (Å²) in [7, 11) is 0. The lowest BCUT2D eigenvalue weighted by atomic mass is 10.1. The zero-order chi connectivity index (χ0) is 18.4. The van der Waals surface area contributed by atoms with Gasteiger partial charge in [-0.1, -0.05) is 0 Å². The Morgan fingerprint density at radius 3 is 2.52 bits per heavy atom. The molecule has 0 bridgehead atoms. The number of fused-ring (bicyclic) bond motifs is 1. The zero-order valence-corrected chi connectivity index (χ0v) is 12.1. The van der Waals surface area contributed by atoms with Crippen molar-refractivity contribution in [2.24, 2.45) is 0 Å². The Morgan fingerprint density at radius 2 is 1.88 bits per heavy atom. The first-order chi connectivity index (χ1) is 11.7. The quantitative estimate of drug-likeness (QED) is 0.832. The molecule has 0 radical (unpaired) electrons. The third kappa shape index (κ3) is 2.87. The minimum atomic E-state index is -5.00. The van der Waals surface area contributed by atoms with Gasteiger partial charge in [0.15, 0.2) is 23.8 Å². The molecule has 0 aliphatic heterocycles. The van der Waals surface area contributed by atoms with Gasteiger partial charge in [-0.05, 0) is 0 Å². The standard InChI is InChI=1S/C15H8F5N3O2/c16-11-9-8(25-7-1-6(2-21)3-22-4-7)5-23-14(15(18,19)20)10(9)13(24)12(11)17/h1,3-5,11-13,24H. The molecule has 3 rings (SSSR count). The molecular weight excluding hydrogens is 349 g/mol. The first-order valence-corrected chi connectivity index (χ1v) is 6.83. The zero-order valence-electron chi connectivity index (χ0n) is 12.1. The maximum absolute atomic E-state index is 14.2. The number of aromatic nitrogens is 2. The van der Waals surface area contributed by atoms with Crippen LogP contribution in [0.1, 0.15) is 34.7 Å². The van der Waals surface area contributed by atoms with Crippen molar-refractivity contribution in [2.75, 3.05) is 0 Å². The lowest BCUT2D eigenvalue weighted by molar-refractivity contribution is -0.143. The van der Waals surface area contributed by atoms with E-state index in [1.165, 1.54) is 12.3 Å². The highest BCUT2D eigenvalue weighted by Crippen LogP contribution is 2.51. The fourth-order valence-electron chi connectivity index (χ4n) is 2.55. The monoisotopic (exact) mass is 357 g/mol. The number of aliphatic hydroxyl groups is 1. The normalized spacial score (nSPS) is 22.4. The van der Waals surface area contributed by atoms with Crippen LogP contribution in [-0.4, -0.2) is 21.2 Å².